The topological polar surface area (TPSA) is 17.8 Å². The van der Waals surface area contributed by atoms with Crippen LogP contribution < -0.4 is 0 Å². The van der Waals surface area contributed by atoms with Gasteiger partial charge in [0.25, 0.3) is 0 Å². The molecule has 1 unspecified atom stereocenters. The Morgan fingerprint density at radius 1 is 1.25 bits per heavy atom. The van der Waals surface area contributed by atoms with Crippen LogP contribution in [0.2, 0.25) is 0 Å². The van der Waals surface area contributed by atoms with Crippen molar-refractivity contribution in [3.63, 3.8) is 0 Å². The molecule has 0 fully saturated rings. The van der Waals surface area contributed by atoms with E-state index in [-0.39, 0.29) is 0 Å². The van der Waals surface area contributed by atoms with Gasteiger partial charge in [-0.15, -0.1) is 0 Å². The van der Waals surface area contributed by atoms with Crippen LogP contribution in [0.15, 0.2) is 0 Å². The van der Waals surface area contributed by atoms with E-state index < -0.39 is 0 Å². The minimum Gasteiger partial charge on any atom is -0.319 e. The van der Waals surface area contributed by atoms with Crippen molar-refractivity contribution in [2.75, 3.05) is 0 Å². The van der Waals surface area contributed by atoms with E-state index in [4.69, 9.17) is 0 Å². The average molecular weight is 287 g/mol. The third kappa shape index (κ3) is 3.09. The Kier molecular flexibility index (Phi) is 5.53. The van der Waals surface area contributed by atoms with Crippen molar-refractivity contribution >= 4 is 15.9 Å². The lowest BCUT2D eigenvalue weighted by molar-refractivity contribution is 0.575. The highest BCUT2D eigenvalue weighted by Gasteiger charge is 2.16. The number of aromatic nitrogens is 2. The summed E-state index contributed by atoms with van der Waals surface area (Å²) in [5, 5.41) is 0. The molecule has 92 valence electrons. The molecule has 1 heterocycles. The second-order valence-corrected chi connectivity index (χ2v) is 5.45. The van der Waals surface area contributed by atoms with Gasteiger partial charge >= 0.3 is 0 Å². The molecule has 0 radical (unpaired) electrons. The highest BCUT2D eigenvalue weighted by Crippen LogP contribution is 2.27. The van der Waals surface area contributed by atoms with Crippen molar-refractivity contribution in [1.29, 1.82) is 0 Å². The molecule has 0 amide bonds. The molecular weight excluding hydrogens is 264 g/mol. The Morgan fingerprint density at radius 3 is 2.50 bits per heavy atom. The molecule has 0 aliphatic carbocycles. The van der Waals surface area contributed by atoms with E-state index in [1.54, 1.807) is 0 Å². The predicted octanol–water partition coefficient (Wildman–Crippen LogP) is 4.54. The van der Waals surface area contributed by atoms with E-state index in [9.17, 15) is 0 Å². The Morgan fingerprint density at radius 2 is 1.94 bits per heavy atom. The third-order valence-electron chi connectivity index (χ3n) is 3.02. The molecule has 0 N–H and O–H groups in total. The minimum atomic E-state index is 0.408. The number of hydrogen-bond acceptors (Lipinski definition) is 1. The van der Waals surface area contributed by atoms with Gasteiger partial charge in [0.1, 0.15) is 5.82 Å². The standard InChI is InChI=1S/C13H23BrN2/c1-5-7-9-13-15-10(3)11(4)16(13)12(14)8-6-2/h12H,5-9H2,1-4H3. The van der Waals surface area contributed by atoms with E-state index >= 15 is 0 Å². The van der Waals surface area contributed by atoms with E-state index in [1.165, 1.54) is 36.5 Å². The van der Waals surface area contributed by atoms with Crippen molar-refractivity contribution in [1.82, 2.24) is 9.55 Å². The molecule has 3 heteroatoms. The van der Waals surface area contributed by atoms with E-state index in [0.717, 1.165) is 12.8 Å². The zero-order valence-corrected chi connectivity index (χ0v) is 12.5. The van der Waals surface area contributed by atoms with Gasteiger partial charge in [0.2, 0.25) is 0 Å². The summed E-state index contributed by atoms with van der Waals surface area (Å²) < 4.78 is 2.37. The molecule has 1 aromatic heterocycles. The fourth-order valence-electron chi connectivity index (χ4n) is 1.95. The first-order chi connectivity index (χ1) is 7.61. The molecule has 0 saturated carbocycles. The first-order valence-corrected chi connectivity index (χ1v) is 7.21. The second kappa shape index (κ2) is 6.43. The van der Waals surface area contributed by atoms with Crippen LogP contribution in [0.4, 0.5) is 0 Å². The summed E-state index contributed by atoms with van der Waals surface area (Å²) in [4.78, 5) is 5.09. The van der Waals surface area contributed by atoms with Gasteiger partial charge in [-0.25, -0.2) is 4.98 Å². The van der Waals surface area contributed by atoms with Crippen LogP contribution in [0.25, 0.3) is 0 Å². The molecule has 0 spiro atoms. The van der Waals surface area contributed by atoms with Crippen molar-refractivity contribution in [2.24, 2.45) is 0 Å². The number of alkyl halides is 1. The summed E-state index contributed by atoms with van der Waals surface area (Å²) in [5.74, 6) is 1.24. The van der Waals surface area contributed by atoms with Gasteiger partial charge < -0.3 is 4.57 Å². The van der Waals surface area contributed by atoms with Gasteiger partial charge in [0.15, 0.2) is 0 Å². The van der Waals surface area contributed by atoms with Gasteiger partial charge in [0.05, 0.1) is 10.6 Å². The van der Waals surface area contributed by atoms with Crippen molar-refractivity contribution < 1.29 is 0 Å². The quantitative estimate of drug-likeness (QED) is 0.702. The van der Waals surface area contributed by atoms with Crippen molar-refractivity contribution in [3.05, 3.63) is 17.2 Å². The largest absolute Gasteiger partial charge is 0.319 e. The molecule has 0 aliphatic rings. The highest BCUT2D eigenvalue weighted by molar-refractivity contribution is 9.09. The summed E-state index contributed by atoms with van der Waals surface area (Å²) in [6.45, 7) is 8.72. The summed E-state index contributed by atoms with van der Waals surface area (Å²) in [5.41, 5.74) is 2.48. The molecular formula is C13H23BrN2. The average Bonchev–Trinajstić information content (AvgIpc) is 2.52. The van der Waals surface area contributed by atoms with Crippen LogP contribution in [0.3, 0.4) is 0 Å². The fraction of sp³-hybridized carbons (Fsp3) is 0.769. The predicted molar refractivity (Wildman–Crippen MR) is 73.2 cm³/mol. The third-order valence-corrected chi connectivity index (χ3v) is 3.89. The number of aryl methyl sites for hydroxylation is 2. The highest BCUT2D eigenvalue weighted by atomic mass is 79.9. The number of hydrogen-bond donors (Lipinski definition) is 0. The number of rotatable bonds is 6. The van der Waals surface area contributed by atoms with Gasteiger partial charge in [-0.05, 0) is 26.7 Å². The van der Waals surface area contributed by atoms with Crippen LogP contribution in [0.1, 0.15) is 61.7 Å². The lowest BCUT2D eigenvalue weighted by Gasteiger charge is -2.16. The van der Waals surface area contributed by atoms with Gasteiger partial charge in [0, 0.05) is 12.1 Å². The first-order valence-electron chi connectivity index (χ1n) is 6.30. The molecule has 0 saturated heterocycles. The molecule has 0 aliphatic heterocycles. The Labute approximate surface area is 108 Å². The summed E-state index contributed by atoms with van der Waals surface area (Å²) in [6.07, 6.45) is 5.90. The van der Waals surface area contributed by atoms with Crippen LogP contribution in [-0.4, -0.2) is 9.55 Å². The number of imidazole rings is 1. The summed E-state index contributed by atoms with van der Waals surface area (Å²) in [7, 11) is 0. The smallest absolute Gasteiger partial charge is 0.110 e. The maximum Gasteiger partial charge on any atom is 0.110 e. The first kappa shape index (κ1) is 13.8. The Bertz CT molecular complexity index is 331. The molecule has 1 rings (SSSR count). The molecule has 0 aromatic carbocycles. The SMILES string of the molecule is CCCCc1nc(C)c(C)n1C(Br)CCC. The maximum atomic E-state index is 4.68. The second-order valence-electron chi connectivity index (χ2n) is 4.40. The molecule has 2 nitrogen and oxygen atoms in total. The lowest BCUT2D eigenvalue weighted by atomic mass is 10.2. The van der Waals surface area contributed by atoms with Gasteiger partial charge in [-0.1, -0.05) is 42.6 Å². The minimum absolute atomic E-state index is 0.408. The molecule has 1 aromatic rings. The zero-order chi connectivity index (χ0) is 12.1. The van der Waals surface area contributed by atoms with Gasteiger partial charge in [-0.2, -0.15) is 0 Å². The summed E-state index contributed by atoms with van der Waals surface area (Å²) >= 11 is 3.78. The van der Waals surface area contributed by atoms with Gasteiger partial charge in [-0.3, -0.25) is 0 Å². The molecule has 16 heavy (non-hydrogen) atoms. The number of unbranched alkanes of at least 4 members (excludes halogenated alkanes) is 1. The zero-order valence-electron chi connectivity index (χ0n) is 10.9. The van der Waals surface area contributed by atoms with Crippen molar-refractivity contribution in [2.45, 2.75) is 64.8 Å². The van der Waals surface area contributed by atoms with Crippen molar-refractivity contribution in [3.8, 4) is 0 Å². The van der Waals surface area contributed by atoms with E-state index in [0.29, 0.717) is 4.95 Å². The number of halogens is 1. The van der Waals surface area contributed by atoms with E-state index in [1.807, 2.05) is 0 Å². The number of nitrogens with zero attached hydrogens (tertiary/aromatic N) is 2. The normalized spacial score (nSPS) is 13.1. The lowest BCUT2D eigenvalue weighted by Crippen LogP contribution is -2.09. The monoisotopic (exact) mass is 286 g/mol. The maximum absolute atomic E-state index is 4.68. The van der Waals surface area contributed by atoms with E-state index in [2.05, 4.69) is 53.2 Å². The van der Waals surface area contributed by atoms with Crippen LogP contribution in [-0.2, 0) is 6.42 Å². The van der Waals surface area contributed by atoms with Crippen LogP contribution >= 0.6 is 15.9 Å². The molecule has 1 atom stereocenters. The summed E-state index contributed by atoms with van der Waals surface area (Å²) in [6, 6.07) is 0. The van der Waals surface area contributed by atoms with Crippen LogP contribution in [0.5, 0.6) is 0 Å². The molecule has 0 bridgehead atoms. The Balaban J connectivity index is 2.93. The fourth-order valence-corrected chi connectivity index (χ4v) is 2.95. The Hall–Kier alpha value is -0.310. The van der Waals surface area contributed by atoms with Crippen LogP contribution in [0, 0.1) is 13.8 Å².